The van der Waals surface area contributed by atoms with Crippen LogP contribution < -0.4 is 9.88 Å². The van der Waals surface area contributed by atoms with Gasteiger partial charge in [0, 0.05) is 44.9 Å². The highest BCUT2D eigenvalue weighted by Gasteiger charge is 2.34. The first kappa shape index (κ1) is 29.3. The molecule has 3 N–H and O–H groups in total. The van der Waals surface area contributed by atoms with Crippen LogP contribution in [0.15, 0.2) is 78.4 Å². The third kappa shape index (κ3) is 6.03. The van der Waals surface area contributed by atoms with Gasteiger partial charge in [-0.2, -0.15) is 4.57 Å². The molecule has 4 heterocycles. The van der Waals surface area contributed by atoms with Crippen LogP contribution in [-0.2, 0) is 38.6 Å². The van der Waals surface area contributed by atoms with Crippen molar-refractivity contribution in [2.75, 3.05) is 25.1 Å². The predicted molar refractivity (Wildman–Crippen MR) is 161 cm³/mol. The number of carboxylic acid groups (broad SMARTS) is 1. The van der Waals surface area contributed by atoms with Crippen molar-refractivity contribution in [3.63, 3.8) is 0 Å². The van der Waals surface area contributed by atoms with Gasteiger partial charge in [-0.3, -0.25) is 4.90 Å². The molecule has 2 aromatic rings. The van der Waals surface area contributed by atoms with Gasteiger partial charge in [-0.25, -0.2) is 10.1 Å². The number of fused-ring (bicyclic) bond motifs is 2. The first-order valence-corrected chi connectivity index (χ1v) is 14.3. The van der Waals surface area contributed by atoms with Gasteiger partial charge >= 0.3 is 11.9 Å². The minimum Gasteiger partial charge on any atom is -0.488 e. The van der Waals surface area contributed by atoms with E-state index in [-0.39, 0.29) is 11.5 Å². The van der Waals surface area contributed by atoms with E-state index in [1.165, 1.54) is 17.5 Å². The van der Waals surface area contributed by atoms with Gasteiger partial charge in [0.05, 0.1) is 12.2 Å². The van der Waals surface area contributed by atoms with Crippen molar-refractivity contribution in [3.8, 4) is 0 Å². The van der Waals surface area contributed by atoms with Crippen LogP contribution in [0.4, 0.5) is 5.82 Å². The molecule has 3 aliphatic heterocycles. The fourth-order valence-electron chi connectivity index (χ4n) is 5.90. The second-order valence-electron chi connectivity index (χ2n) is 10.9. The monoisotopic (exact) mass is 571 g/mol. The SMILES string of the molecule is C=C/C(=C(/OCc1ccc2c(c1)CCN(C1CCCOC1)C2)C(=C)C)c1cccc2[n+]1C(C)O/C(=C(/C=N)C(=O)O)N2. The maximum absolute atomic E-state index is 11.6. The van der Waals surface area contributed by atoms with Gasteiger partial charge in [-0.15, -0.1) is 0 Å². The van der Waals surface area contributed by atoms with E-state index in [1.54, 1.807) is 6.08 Å². The Labute approximate surface area is 246 Å². The number of benzene rings is 1. The van der Waals surface area contributed by atoms with Crippen LogP contribution >= 0.6 is 0 Å². The third-order valence-electron chi connectivity index (χ3n) is 8.00. The summed E-state index contributed by atoms with van der Waals surface area (Å²) in [6.07, 6.45) is 5.29. The number of aromatic nitrogens is 1. The molecule has 1 aromatic heterocycles. The van der Waals surface area contributed by atoms with Crippen molar-refractivity contribution in [1.82, 2.24) is 4.90 Å². The molecular weight excluding hydrogens is 532 g/mol. The molecule has 1 fully saturated rings. The molecule has 3 aliphatic rings. The molecule has 0 spiro atoms. The van der Waals surface area contributed by atoms with Crippen LogP contribution in [0.5, 0.6) is 0 Å². The lowest BCUT2D eigenvalue weighted by Gasteiger charge is -2.37. The zero-order valence-corrected chi connectivity index (χ0v) is 24.3. The Morgan fingerprint density at radius 2 is 2.14 bits per heavy atom. The largest absolute Gasteiger partial charge is 0.488 e. The predicted octanol–water partition coefficient (Wildman–Crippen LogP) is 5.11. The Morgan fingerprint density at radius 1 is 1.31 bits per heavy atom. The van der Waals surface area contributed by atoms with Gasteiger partial charge in [-0.05, 0) is 60.6 Å². The molecule has 5 rings (SSSR count). The highest BCUT2D eigenvalue weighted by atomic mass is 16.5. The summed E-state index contributed by atoms with van der Waals surface area (Å²) in [6, 6.07) is 12.7. The number of rotatable bonds is 9. The minimum absolute atomic E-state index is 0.0188. The summed E-state index contributed by atoms with van der Waals surface area (Å²) in [4.78, 5) is 14.1. The summed E-state index contributed by atoms with van der Waals surface area (Å²) in [5.41, 5.74) is 5.83. The van der Waals surface area contributed by atoms with Crippen molar-refractivity contribution < 1.29 is 28.7 Å². The quantitative estimate of drug-likeness (QED) is 0.126. The van der Waals surface area contributed by atoms with Crippen molar-refractivity contribution in [1.29, 1.82) is 5.41 Å². The fourth-order valence-corrected chi connectivity index (χ4v) is 5.90. The van der Waals surface area contributed by atoms with E-state index in [1.807, 2.05) is 36.6 Å². The van der Waals surface area contributed by atoms with Crippen LogP contribution in [-0.4, -0.2) is 48.0 Å². The number of ether oxygens (including phenoxy) is 3. The maximum atomic E-state index is 11.6. The van der Waals surface area contributed by atoms with Gasteiger partial charge in [-0.1, -0.05) is 37.4 Å². The molecular formula is C33H39N4O5+. The third-order valence-corrected chi connectivity index (χ3v) is 8.00. The van der Waals surface area contributed by atoms with Crippen molar-refractivity contribution in [2.45, 2.75) is 58.5 Å². The van der Waals surface area contributed by atoms with E-state index < -0.39 is 12.2 Å². The first-order valence-electron chi connectivity index (χ1n) is 14.3. The van der Waals surface area contributed by atoms with E-state index in [0.29, 0.717) is 24.2 Å². The average molecular weight is 572 g/mol. The van der Waals surface area contributed by atoms with Gasteiger partial charge < -0.3 is 24.7 Å². The smallest absolute Gasteiger partial charge is 0.345 e. The molecule has 0 saturated carbocycles. The summed E-state index contributed by atoms with van der Waals surface area (Å²) in [5, 5.41) is 20.0. The standard InChI is InChI=1S/C33H38N4O5/c1-5-27(29-9-6-10-30-35-32(28(17-34)33(38)39)42-22(4)37(29)30)31(21(2)3)41-19-23-11-12-25-18-36(14-13-24(25)16-23)26-8-7-15-40-20-26/h5-6,9-12,16-17,22,26,34H,1-2,7-8,13-15,18-20H2,3-4H3,(H,38,39)/p+1/b31-27-,32-28-,34-17?. The topological polar surface area (TPSA) is 108 Å². The maximum Gasteiger partial charge on any atom is 0.345 e. The van der Waals surface area contributed by atoms with E-state index in [0.717, 1.165) is 67.8 Å². The summed E-state index contributed by atoms with van der Waals surface area (Å²) >= 11 is 0. The Bertz CT molecular complexity index is 1470. The number of nitrogens with zero attached hydrogens (tertiary/aromatic N) is 2. The van der Waals surface area contributed by atoms with Gasteiger partial charge in [0.15, 0.2) is 5.57 Å². The summed E-state index contributed by atoms with van der Waals surface area (Å²) in [6.45, 7) is 16.1. The lowest BCUT2D eigenvalue weighted by Crippen LogP contribution is -2.49. The molecule has 0 radical (unpaired) electrons. The Kier molecular flexibility index (Phi) is 8.89. The second-order valence-corrected chi connectivity index (χ2v) is 10.9. The van der Waals surface area contributed by atoms with E-state index in [9.17, 15) is 9.90 Å². The molecule has 42 heavy (non-hydrogen) atoms. The van der Waals surface area contributed by atoms with Crippen LogP contribution in [0.3, 0.4) is 0 Å². The highest BCUT2D eigenvalue weighted by Crippen LogP contribution is 2.30. The van der Waals surface area contributed by atoms with Gasteiger partial charge in [0.25, 0.3) is 5.82 Å². The average Bonchev–Trinajstić information content (AvgIpc) is 2.99. The van der Waals surface area contributed by atoms with Gasteiger partial charge in [0.1, 0.15) is 18.1 Å². The Balaban J connectivity index is 1.39. The number of hydrogen-bond donors (Lipinski definition) is 3. The molecule has 9 nitrogen and oxygen atoms in total. The van der Waals surface area contributed by atoms with Crippen molar-refractivity contribution in [2.24, 2.45) is 0 Å². The second kappa shape index (κ2) is 12.8. The summed E-state index contributed by atoms with van der Waals surface area (Å²) < 4.78 is 20.0. The highest BCUT2D eigenvalue weighted by molar-refractivity contribution is 6.08. The van der Waals surface area contributed by atoms with Crippen LogP contribution in [0.1, 0.15) is 55.3 Å². The number of carbonyl (C=O) groups is 1. The summed E-state index contributed by atoms with van der Waals surface area (Å²) in [5.74, 6) is 0.00896. The first-order chi connectivity index (χ1) is 20.3. The molecule has 9 heteroatoms. The lowest BCUT2D eigenvalue weighted by molar-refractivity contribution is -0.750. The molecule has 1 aromatic carbocycles. The minimum atomic E-state index is -1.24. The Morgan fingerprint density at radius 3 is 2.83 bits per heavy atom. The van der Waals surface area contributed by atoms with E-state index in [2.05, 4.69) is 41.6 Å². The number of allylic oxidation sites excluding steroid dienone is 3. The zero-order chi connectivity index (χ0) is 29.8. The van der Waals surface area contributed by atoms with E-state index in [4.69, 9.17) is 19.6 Å². The van der Waals surface area contributed by atoms with Crippen molar-refractivity contribution >= 4 is 23.6 Å². The van der Waals surface area contributed by atoms with Crippen LogP contribution in [0.25, 0.3) is 5.57 Å². The number of carboxylic acids is 1. The number of pyridine rings is 1. The lowest BCUT2D eigenvalue weighted by atomic mass is 9.95. The number of aliphatic carboxylic acids is 1. The molecule has 2 unspecified atom stereocenters. The van der Waals surface area contributed by atoms with Gasteiger partial charge in [0.2, 0.25) is 6.23 Å². The number of nitrogens with one attached hydrogen (secondary N) is 2. The normalized spacial score (nSPS) is 21.9. The molecule has 0 aliphatic carbocycles. The zero-order valence-electron chi connectivity index (χ0n) is 24.3. The molecule has 1 saturated heterocycles. The van der Waals surface area contributed by atoms with E-state index >= 15 is 0 Å². The molecule has 0 bridgehead atoms. The van der Waals surface area contributed by atoms with Crippen molar-refractivity contribution in [3.05, 3.63) is 101 Å². The fraction of sp³-hybridized carbons (Fsp3) is 0.364. The molecule has 0 amide bonds. The summed E-state index contributed by atoms with van der Waals surface area (Å²) in [7, 11) is 0. The molecule has 2 atom stereocenters. The van der Waals surface area contributed by atoms with Crippen LogP contribution in [0, 0.1) is 5.41 Å². The Hall–Kier alpha value is -4.21. The number of anilines is 1. The van der Waals surface area contributed by atoms with Crippen LogP contribution in [0.2, 0.25) is 0 Å². The molecule has 220 valence electrons. The number of hydrogen-bond acceptors (Lipinski definition) is 7.